The average Bonchev–Trinajstić information content (AvgIpc) is 2.57. The summed E-state index contributed by atoms with van der Waals surface area (Å²) < 4.78 is 216. The van der Waals surface area contributed by atoms with E-state index in [1.165, 1.54) is 0 Å². The van der Waals surface area contributed by atoms with Crippen molar-refractivity contribution in [3.05, 3.63) is 0 Å². The molecule has 0 aliphatic rings. The molecule has 0 spiro atoms. The molecule has 0 rings (SSSR count). The van der Waals surface area contributed by atoms with Crippen LogP contribution in [0.3, 0.4) is 0 Å². The highest BCUT2D eigenvalue weighted by molar-refractivity contribution is 5.11. The summed E-state index contributed by atoms with van der Waals surface area (Å²) in [6.45, 7) is -3.79. The Morgan fingerprint density at radius 3 is 1.21 bits per heavy atom. The molecular weight excluding hydrogens is 455 g/mol. The minimum atomic E-state index is -7.98. The zero-order valence-corrected chi connectivity index (χ0v) is 12.5. The third-order valence-corrected chi connectivity index (χ3v) is 3.31. The molecule has 0 aliphatic carbocycles. The van der Waals surface area contributed by atoms with Gasteiger partial charge in [-0.25, -0.2) is 30.7 Å². The molecule has 0 radical (unpaired) electrons. The summed E-state index contributed by atoms with van der Waals surface area (Å²) in [5.74, 6) is -37.7. The summed E-state index contributed by atoms with van der Waals surface area (Å²) >= 11 is 0. The van der Waals surface area contributed by atoms with Crippen molar-refractivity contribution >= 4 is 0 Å². The monoisotopic (exact) mass is 462 g/mol. The number of alkyl halides is 17. The Morgan fingerprint density at radius 2 is 0.893 bits per heavy atom. The van der Waals surface area contributed by atoms with E-state index >= 15 is 0 Å². The van der Waals surface area contributed by atoms with Gasteiger partial charge in [-0.2, -0.15) is 43.9 Å². The maximum absolute atomic E-state index is 13.2. The highest BCUT2D eigenvalue weighted by atomic mass is 19.4. The Labute approximate surface area is 143 Å². The van der Waals surface area contributed by atoms with Crippen LogP contribution in [0, 0.1) is 0 Å². The zero-order chi connectivity index (χ0) is 23.1. The molecule has 0 aromatic heterocycles. The highest BCUT2D eigenvalue weighted by Gasteiger charge is 2.87. The Hall–Kier alpha value is -1.19. The van der Waals surface area contributed by atoms with Gasteiger partial charge in [-0.3, -0.25) is 0 Å². The topological polar surface area (TPSA) is 0 Å². The van der Waals surface area contributed by atoms with Crippen molar-refractivity contribution in [1.29, 1.82) is 0 Å². The highest BCUT2D eigenvalue weighted by Crippen LogP contribution is 2.58. The van der Waals surface area contributed by atoms with Crippen molar-refractivity contribution < 1.29 is 74.6 Å². The van der Waals surface area contributed by atoms with Crippen LogP contribution >= 0.6 is 0 Å². The summed E-state index contributed by atoms with van der Waals surface area (Å²) in [6, 6.07) is 0. The van der Waals surface area contributed by atoms with Crippen LogP contribution in [0.4, 0.5) is 74.6 Å². The second-order valence-electron chi connectivity index (χ2n) is 5.25. The SMILES string of the molecule is FCC(F)(F)C(F)(F)C(F)(F)C(F)(F)C(F)(F)C(F)C(F)C(F)C(F)C(F)F. The van der Waals surface area contributed by atoms with Crippen LogP contribution in [0.15, 0.2) is 0 Å². The lowest BCUT2D eigenvalue weighted by molar-refractivity contribution is -0.410. The van der Waals surface area contributed by atoms with Gasteiger partial charge in [0.15, 0.2) is 25.2 Å². The molecule has 0 N–H and O–H groups in total. The Balaban J connectivity index is 6.10. The van der Waals surface area contributed by atoms with Gasteiger partial charge in [0, 0.05) is 0 Å². The van der Waals surface area contributed by atoms with Crippen LogP contribution in [0.5, 0.6) is 0 Å². The van der Waals surface area contributed by atoms with Crippen LogP contribution in [0.25, 0.3) is 0 Å². The fraction of sp³-hybridized carbons (Fsp3) is 1.00. The fourth-order valence-corrected chi connectivity index (χ4v) is 1.57. The predicted octanol–water partition coefficient (Wildman–Crippen LogP) is 5.75. The Morgan fingerprint density at radius 1 is 0.500 bits per heavy atom. The maximum Gasteiger partial charge on any atom is 0.384 e. The molecule has 0 aromatic rings. The molecule has 0 saturated heterocycles. The van der Waals surface area contributed by atoms with Crippen molar-refractivity contribution in [2.45, 2.75) is 60.7 Å². The van der Waals surface area contributed by atoms with Crippen molar-refractivity contribution in [1.82, 2.24) is 0 Å². The summed E-state index contributed by atoms with van der Waals surface area (Å²) in [4.78, 5) is 0. The molecule has 4 atom stereocenters. The second kappa shape index (κ2) is 7.91. The van der Waals surface area contributed by atoms with Gasteiger partial charge in [-0.15, -0.1) is 0 Å². The molecule has 0 heterocycles. The normalized spacial score (nSPS) is 19.5. The van der Waals surface area contributed by atoms with Crippen LogP contribution in [0.2, 0.25) is 0 Å². The van der Waals surface area contributed by atoms with Gasteiger partial charge in [0.1, 0.15) is 0 Å². The Bertz CT molecular complexity index is 513. The number of rotatable bonds is 10. The third-order valence-electron chi connectivity index (χ3n) is 3.31. The lowest BCUT2D eigenvalue weighted by Gasteiger charge is -2.40. The molecule has 0 fully saturated rings. The minimum absolute atomic E-state index is 3.79. The van der Waals surface area contributed by atoms with Crippen molar-refractivity contribution in [3.63, 3.8) is 0 Å². The average molecular weight is 462 g/mol. The van der Waals surface area contributed by atoms with Gasteiger partial charge in [0.25, 0.3) is 6.43 Å². The number of hydrogen-bond acceptors (Lipinski definition) is 0. The van der Waals surface area contributed by atoms with Gasteiger partial charge >= 0.3 is 29.6 Å². The molecule has 4 unspecified atom stereocenters. The van der Waals surface area contributed by atoms with E-state index in [0.29, 0.717) is 0 Å². The van der Waals surface area contributed by atoms with Gasteiger partial charge < -0.3 is 0 Å². The molecule has 17 heteroatoms. The fourth-order valence-electron chi connectivity index (χ4n) is 1.57. The maximum atomic E-state index is 13.2. The second-order valence-corrected chi connectivity index (χ2v) is 5.25. The van der Waals surface area contributed by atoms with E-state index in [9.17, 15) is 74.6 Å². The summed E-state index contributed by atoms with van der Waals surface area (Å²) in [7, 11) is 0. The summed E-state index contributed by atoms with van der Waals surface area (Å²) in [5.41, 5.74) is 0. The summed E-state index contributed by atoms with van der Waals surface area (Å²) in [6.07, 6.45) is -24.4. The summed E-state index contributed by atoms with van der Waals surface area (Å²) in [5, 5.41) is 0. The lowest BCUT2D eigenvalue weighted by atomic mass is 9.90. The standard InChI is InChI=1S/C11H7F17/c12-1-7(19,20)9(23,24)11(27,28)10(25,26)8(21,22)5(16)3(14)2(13)4(15)6(17)18/h2-6H,1H2. The first-order valence-electron chi connectivity index (χ1n) is 6.44. The van der Waals surface area contributed by atoms with E-state index in [0.717, 1.165) is 0 Å². The first-order chi connectivity index (χ1) is 12.1. The van der Waals surface area contributed by atoms with Gasteiger partial charge in [0.05, 0.1) is 0 Å². The van der Waals surface area contributed by atoms with Crippen LogP contribution < -0.4 is 0 Å². The molecule has 0 bridgehead atoms. The van der Waals surface area contributed by atoms with Gasteiger partial charge in [-0.05, 0) is 0 Å². The van der Waals surface area contributed by atoms with E-state index in [1.54, 1.807) is 0 Å². The van der Waals surface area contributed by atoms with E-state index in [2.05, 4.69) is 0 Å². The smallest absolute Gasteiger partial charge is 0.244 e. The van der Waals surface area contributed by atoms with Gasteiger partial charge in [-0.1, -0.05) is 0 Å². The van der Waals surface area contributed by atoms with E-state index in [1.807, 2.05) is 0 Å². The quantitative estimate of drug-likeness (QED) is 0.363. The Kier molecular flexibility index (Phi) is 7.58. The van der Waals surface area contributed by atoms with E-state index in [4.69, 9.17) is 0 Å². The largest absolute Gasteiger partial charge is 0.384 e. The van der Waals surface area contributed by atoms with Crippen molar-refractivity contribution in [2.24, 2.45) is 0 Å². The first-order valence-corrected chi connectivity index (χ1v) is 6.44. The van der Waals surface area contributed by atoms with Crippen LogP contribution in [-0.4, -0.2) is 67.4 Å². The molecular formula is C11H7F17. The molecule has 170 valence electrons. The molecule has 28 heavy (non-hydrogen) atoms. The van der Waals surface area contributed by atoms with Gasteiger partial charge in [0.2, 0.25) is 6.17 Å². The molecule has 0 aromatic carbocycles. The van der Waals surface area contributed by atoms with Crippen molar-refractivity contribution in [2.75, 3.05) is 6.67 Å². The molecule has 0 saturated carbocycles. The molecule has 0 nitrogen and oxygen atoms in total. The van der Waals surface area contributed by atoms with E-state index < -0.39 is 67.4 Å². The third kappa shape index (κ3) is 3.93. The zero-order valence-electron chi connectivity index (χ0n) is 12.5. The van der Waals surface area contributed by atoms with Crippen molar-refractivity contribution in [3.8, 4) is 0 Å². The predicted molar refractivity (Wildman–Crippen MR) is 56.3 cm³/mol. The molecule has 0 amide bonds. The van der Waals surface area contributed by atoms with Crippen LogP contribution in [0.1, 0.15) is 0 Å². The molecule has 0 aliphatic heterocycles. The minimum Gasteiger partial charge on any atom is -0.244 e. The lowest BCUT2D eigenvalue weighted by Crippen LogP contribution is -2.70. The number of halogens is 17. The van der Waals surface area contributed by atoms with Crippen LogP contribution in [-0.2, 0) is 0 Å². The van der Waals surface area contributed by atoms with E-state index in [-0.39, 0.29) is 0 Å². The first kappa shape index (κ1) is 26.8. The number of hydrogen-bond donors (Lipinski definition) is 0.